The Kier molecular flexibility index (Phi) is 5.17. The highest BCUT2D eigenvalue weighted by Gasteiger charge is 2.18. The molecule has 0 aliphatic heterocycles. The van der Waals surface area contributed by atoms with Gasteiger partial charge in [-0.15, -0.1) is 11.3 Å². The van der Waals surface area contributed by atoms with Crippen LogP contribution in [0.2, 0.25) is 0 Å². The third-order valence-corrected chi connectivity index (χ3v) is 6.94. The largest absolute Gasteiger partial charge is 0.368 e. The first-order valence-corrected chi connectivity index (χ1v) is 10.4. The summed E-state index contributed by atoms with van der Waals surface area (Å²) in [7, 11) is -3.42. The molecular formula is C16H22N4O2S2. The number of anilines is 1. The van der Waals surface area contributed by atoms with Gasteiger partial charge in [0.1, 0.15) is 15.9 Å². The molecule has 0 fully saturated rings. The van der Waals surface area contributed by atoms with Crippen LogP contribution in [0.3, 0.4) is 0 Å². The van der Waals surface area contributed by atoms with Gasteiger partial charge in [0.2, 0.25) is 10.0 Å². The lowest BCUT2D eigenvalue weighted by Crippen LogP contribution is -2.29. The molecule has 0 aromatic carbocycles. The molecule has 24 heavy (non-hydrogen) atoms. The predicted octanol–water partition coefficient (Wildman–Crippen LogP) is 2.42. The van der Waals surface area contributed by atoms with Crippen LogP contribution in [-0.4, -0.2) is 31.5 Å². The smallest absolute Gasteiger partial charge is 0.250 e. The first-order valence-electron chi connectivity index (χ1n) is 8.12. The van der Waals surface area contributed by atoms with Crippen molar-refractivity contribution < 1.29 is 8.42 Å². The molecule has 130 valence electrons. The van der Waals surface area contributed by atoms with Gasteiger partial charge in [-0.2, -0.15) is 0 Å². The molecule has 0 unspecified atom stereocenters. The first kappa shape index (κ1) is 17.3. The number of aryl methyl sites for hydroxylation is 3. The number of fused-ring (bicyclic) bond motifs is 1. The van der Waals surface area contributed by atoms with E-state index in [9.17, 15) is 8.42 Å². The van der Waals surface area contributed by atoms with Gasteiger partial charge in [-0.25, -0.2) is 23.1 Å². The van der Waals surface area contributed by atoms with Gasteiger partial charge in [0.15, 0.2) is 0 Å². The van der Waals surface area contributed by atoms with E-state index in [4.69, 9.17) is 0 Å². The average molecular weight is 367 g/mol. The van der Waals surface area contributed by atoms with E-state index in [1.807, 2.05) is 19.9 Å². The van der Waals surface area contributed by atoms with E-state index < -0.39 is 10.0 Å². The van der Waals surface area contributed by atoms with Gasteiger partial charge >= 0.3 is 0 Å². The van der Waals surface area contributed by atoms with Gasteiger partial charge in [-0.05, 0) is 51.7 Å². The molecular weight excluding hydrogens is 344 g/mol. The van der Waals surface area contributed by atoms with Crippen molar-refractivity contribution in [1.82, 2.24) is 14.7 Å². The van der Waals surface area contributed by atoms with Crippen molar-refractivity contribution in [3.05, 3.63) is 34.1 Å². The topological polar surface area (TPSA) is 84.0 Å². The lowest BCUT2D eigenvalue weighted by molar-refractivity contribution is 0.585. The van der Waals surface area contributed by atoms with Crippen molar-refractivity contribution >= 4 is 27.2 Å². The predicted molar refractivity (Wildman–Crippen MR) is 96.1 cm³/mol. The number of sulfonamides is 1. The molecule has 2 aromatic heterocycles. The van der Waals surface area contributed by atoms with Gasteiger partial charge in [-0.3, -0.25) is 0 Å². The Morgan fingerprint density at radius 2 is 1.92 bits per heavy atom. The third-order valence-electron chi connectivity index (χ3n) is 3.99. The van der Waals surface area contributed by atoms with Crippen molar-refractivity contribution in [3.8, 4) is 0 Å². The molecule has 0 saturated carbocycles. The molecule has 2 heterocycles. The molecule has 2 aromatic rings. The highest BCUT2D eigenvalue weighted by Crippen LogP contribution is 2.25. The van der Waals surface area contributed by atoms with Gasteiger partial charge in [0.05, 0.1) is 0 Å². The number of nitrogens with zero attached hydrogens (tertiary/aromatic N) is 2. The summed E-state index contributed by atoms with van der Waals surface area (Å²) in [5.74, 6) is 1.61. The second-order valence-electron chi connectivity index (χ2n) is 5.94. The highest BCUT2D eigenvalue weighted by molar-refractivity contribution is 7.91. The molecule has 1 aliphatic rings. The summed E-state index contributed by atoms with van der Waals surface area (Å²) >= 11 is 1.28. The Morgan fingerprint density at radius 3 is 2.67 bits per heavy atom. The summed E-state index contributed by atoms with van der Waals surface area (Å²) < 4.78 is 27.4. The average Bonchev–Trinajstić information content (AvgIpc) is 2.99. The number of aromatic nitrogens is 2. The van der Waals surface area contributed by atoms with Gasteiger partial charge in [-0.1, -0.05) is 0 Å². The number of hydrogen-bond acceptors (Lipinski definition) is 6. The van der Waals surface area contributed by atoms with E-state index in [0.29, 0.717) is 17.3 Å². The minimum absolute atomic E-state index is 0.317. The number of nitrogens with one attached hydrogen (secondary N) is 2. The molecule has 0 atom stereocenters. The lowest BCUT2D eigenvalue weighted by atomic mass is 9.96. The Morgan fingerprint density at radius 1 is 1.12 bits per heavy atom. The van der Waals surface area contributed by atoms with Crippen LogP contribution in [0, 0.1) is 13.8 Å². The molecule has 0 radical (unpaired) electrons. The second-order valence-corrected chi connectivity index (χ2v) is 9.22. The molecule has 6 nitrogen and oxygen atoms in total. The van der Waals surface area contributed by atoms with Crippen LogP contribution in [-0.2, 0) is 22.9 Å². The summed E-state index contributed by atoms with van der Waals surface area (Å²) in [5.41, 5.74) is 2.31. The SMILES string of the molecule is Cc1nc2c(c(NCCNS(=O)(=O)c3ccc(C)s3)n1)CCCC2. The molecule has 0 amide bonds. The fourth-order valence-corrected chi connectivity index (χ4v) is 5.22. The second kappa shape index (κ2) is 7.16. The maximum Gasteiger partial charge on any atom is 0.250 e. The van der Waals surface area contributed by atoms with Crippen LogP contribution in [0.5, 0.6) is 0 Å². The fourth-order valence-electron chi connectivity index (χ4n) is 2.86. The van der Waals surface area contributed by atoms with Crippen LogP contribution in [0.15, 0.2) is 16.3 Å². The van der Waals surface area contributed by atoms with Gasteiger partial charge in [0, 0.05) is 29.2 Å². The van der Waals surface area contributed by atoms with Crippen LogP contribution in [0.4, 0.5) is 5.82 Å². The van der Waals surface area contributed by atoms with Crippen LogP contribution in [0.1, 0.15) is 34.8 Å². The van der Waals surface area contributed by atoms with Crippen LogP contribution in [0.25, 0.3) is 0 Å². The van der Waals surface area contributed by atoms with Crippen LogP contribution >= 0.6 is 11.3 Å². The first-order chi connectivity index (χ1) is 11.5. The maximum atomic E-state index is 12.2. The van der Waals surface area contributed by atoms with Crippen molar-refractivity contribution in [3.63, 3.8) is 0 Å². The summed E-state index contributed by atoms with van der Waals surface area (Å²) in [4.78, 5) is 9.99. The Bertz CT molecular complexity index is 831. The molecule has 3 rings (SSSR count). The van der Waals surface area contributed by atoms with Crippen molar-refractivity contribution in [2.45, 2.75) is 43.7 Å². The van der Waals surface area contributed by atoms with Crippen molar-refractivity contribution in [2.24, 2.45) is 0 Å². The zero-order chi connectivity index (χ0) is 17.2. The maximum absolute atomic E-state index is 12.2. The summed E-state index contributed by atoms with van der Waals surface area (Å²) in [6.45, 7) is 4.59. The van der Waals surface area contributed by atoms with E-state index in [1.54, 1.807) is 6.07 Å². The van der Waals surface area contributed by atoms with E-state index >= 15 is 0 Å². The molecule has 8 heteroatoms. The van der Waals surface area contributed by atoms with Gasteiger partial charge in [0.25, 0.3) is 0 Å². The lowest BCUT2D eigenvalue weighted by Gasteiger charge is -2.19. The Labute approximate surface area is 146 Å². The standard InChI is InChI=1S/C16H22N4O2S2/c1-11-7-8-15(23-11)24(21,22)18-10-9-17-16-13-5-3-4-6-14(13)19-12(2)20-16/h7-8,18H,3-6,9-10H2,1-2H3,(H,17,19,20). The van der Waals surface area contributed by atoms with Crippen molar-refractivity contribution in [2.75, 3.05) is 18.4 Å². The zero-order valence-electron chi connectivity index (χ0n) is 13.9. The third kappa shape index (κ3) is 3.93. The fraction of sp³-hybridized carbons (Fsp3) is 0.500. The minimum atomic E-state index is -3.42. The molecule has 0 bridgehead atoms. The minimum Gasteiger partial charge on any atom is -0.368 e. The molecule has 1 aliphatic carbocycles. The normalized spacial score (nSPS) is 14.4. The number of thiophene rings is 1. The van der Waals surface area contributed by atoms with E-state index in [-0.39, 0.29) is 0 Å². The van der Waals surface area contributed by atoms with E-state index in [2.05, 4.69) is 20.0 Å². The Balaban J connectivity index is 1.60. The molecule has 0 saturated heterocycles. The van der Waals surface area contributed by atoms with Gasteiger partial charge < -0.3 is 5.32 Å². The monoisotopic (exact) mass is 366 g/mol. The van der Waals surface area contributed by atoms with Crippen molar-refractivity contribution in [1.29, 1.82) is 0 Å². The van der Waals surface area contributed by atoms with E-state index in [0.717, 1.165) is 41.5 Å². The van der Waals surface area contributed by atoms with E-state index in [1.165, 1.54) is 23.3 Å². The summed E-state index contributed by atoms with van der Waals surface area (Å²) in [6.07, 6.45) is 4.30. The molecule has 2 N–H and O–H groups in total. The van der Waals surface area contributed by atoms with Crippen LogP contribution < -0.4 is 10.0 Å². The zero-order valence-corrected chi connectivity index (χ0v) is 15.6. The molecule has 0 spiro atoms. The number of hydrogen-bond donors (Lipinski definition) is 2. The quantitative estimate of drug-likeness (QED) is 0.767. The summed E-state index contributed by atoms with van der Waals surface area (Å²) in [6, 6.07) is 3.45. The Hall–Kier alpha value is -1.51. The highest BCUT2D eigenvalue weighted by atomic mass is 32.2. The number of rotatable bonds is 6. The summed E-state index contributed by atoms with van der Waals surface area (Å²) in [5, 5.41) is 3.27.